The second-order valence-electron chi connectivity index (χ2n) is 8.61. The molecule has 0 aliphatic heterocycles. The van der Waals surface area contributed by atoms with Crippen molar-refractivity contribution >= 4 is 11.9 Å². The van der Waals surface area contributed by atoms with Crippen LogP contribution in [0.25, 0.3) is 0 Å². The molecule has 0 radical (unpaired) electrons. The molecule has 35 heavy (non-hydrogen) atoms. The van der Waals surface area contributed by atoms with Crippen LogP contribution in [0.1, 0.15) is 54.2 Å². The first-order valence-corrected chi connectivity index (χ1v) is 11.6. The van der Waals surface area contributed by atoms with Crippen molar-refractivity contribution in [2.24, 2.45) is 5.92 Å². The van der Waals surface area contributed by atoms with E-state index in [2.05, 4.69) is 20.6 Å². The molecule has 0 unspecified atom stereocenters. The maximum absolute atomic E-state index is 12.9. The number of nitrogens with zero attached hydrogens (tertiary/aromatic N) is 3. The summed E-state index contributed by atoms with van der Waals surface area (Å²) < 4.78 is 16.3. The highest BCUT2D eigenvalue weighted by molar-refractivity contribution is 5.96. The van der Waals surface area contributed by atoms with Crippen LogP contribution in [0, 0.1) is 5.92 Å². The molecule has 1 fully saturated rings. The van der Waals surface area contributed by atoms with Gasteiger partial charge in [-0.25, -0.2) is 14.4 Å². The molecule has 0 bridgehead atoms. The molecule has 1 atom stereocenters. The van der Waals surface area contributed by atoms with Crippen LogP contribution in [-0.4, -0.2) is 51.0 Å². The number of hydrogen-bond acceptors (Lipinski definition) is 8. The van der Waals surface area contributed by atoms with Crippen molar-refractivity contribution < 1.29 is 28.8 Å². The van der Waals surface area contributed by atoms with E-state index < -0.39 is 12.1 Å². The number of nitrogens with one attached hydrogen (secondary N) is 1. The van der Waals surface area contributed by atoms with Gasteiger partial charge in [-0.15, -0.1) is 0 Å². The van der Waals surface area contributed by atoms with E-state index in [4.69, 9.17) is 19.2 Å². The first-order valence-electron chi connectivity index (χ1n) is 11.6. The topological polar surface area (TPSA) is 137 Å². The SMILES string of the molecule is C[C@@H](OC1CCC(CNC(=O)c2cccnc2Oc2nonc2Cc2ccccc2)CC1)C(=O)O. The van der Waals surface area contributed by atoms with Gasteiger partial charge in [0, 0.05) is 19.2 Å². The number of carbonyl (C=O) groups excluding carboxylic acids is 1. The van der Waals surface area contributed by atoms with E-state index in [1.54, 1.807) is 19.1 Å². The lowest BCUT2D eigenvalue weighted by Gasteiger charge is -2.29. The maximum Gasteiger partial charge on any atom is 0.332 e. The summed E-state index contributed by atoms with van der Waals surface area (Å²) in [5.41, 5.74) is 1.81. The Labute approximate surface area is 202 Å². The average molecular weight is 481 g/mol. The summed E-state index contributed by atoms with van der Waals surface area (Å²) in [6.07, 6.45) is 4.36. The summed E-state index contributed by atoms with van der Waals surface area (Å²) in [4.78, 5) is 28.1. The molecule has 10 heteroatoms. The Morgan fingerprint density at radius 3 is 2.60 bits per heavy atom. The van der Waals surface area contributed by atoms with E-state index in [-0.39, 0.29) is 35.3 Å². The molecule has 1 aliphatic carbocycles. The van der Waals surface area contributed by atoms with Crippen LogP contribution in [0.15, 0.2) is 53.3 Å². The first-order chi connectivity index (χ1) is 17.0. The standard InChI is InChI=1S/C25H28N4O6/c1-16(25(31)32)33-19-11-9-18(10-12-19)15-27-22(30)20-8-5-13-26-23(20)34-24-21(28-35-29-24)14-17-6-3-2-4-7-17/h2-8,13,16,18-19H,9-12,14-15H2,1H3,(H,27,30)(H,31,32)/t16-,18?,19?/m1/s1. The molecule has 1 aromatic carbocycles. The molecule has 3 aromatic rings. The molecular formula is C25H28N4O6. The first kappa shape index (κ1) is 24.3. The van der Waals surface area contributed by atoms with Gasteiger partial charge >= 0.3 is 5.97 Å². The quantitative estimate of drug-likeness (QED) is 0.446. The van der Waals surface area contributed by atoms with Gasteiger partial charge in [0.05, 0.1) is 6.10 Å². The van der Waals surface area contributed by atoms with Gasteiger partial charge in [0.2, 0.25) is 5.88 Å². The fourth-order valence-corrected chi connectivity index (χ4v) is 4.06. The highest BCUT2D eigenvalue weighted by Crippen LogP contribution is 2.28. The maximum atomic E-state index is 12.9. The lowest BCUT2D eigenvalue weighted by molar-refractivity contribution is -0.154. The van der Waals surface area contributed by atoms with Gasteiger partial charge in [-0.3, -0.25) is 4.79 Å². The van der Waals surface area contributed by atoms with Crippen molar-refractivity contribution in [2.45, 2.75) is 51.2 Å². The fourth-order valence-electron chi connectivity index (χ4n) is 4.06. The van der Waals surface area contributed by atoms with Gasteiger partial charge in [0.1, 0.15) is 5.56 Å². The Balaban J connectivity index is 1.32. The van der Waals surface area contributed by atoms with E-state index in [0.717, 1.165) is 31.2 Å². The molecule has 1 aliphatic rings. The number of aromatic nitrogens is 3. The number of carboxylic acids is 1. The number of amides is 1. The van der Waals surface area contributed by atoms with Gasteiger partial charge in [-0.05, 0) is 61.4 Å². The highest BCUT2D eigenvalue weighted by Gasteiger charge is 2.26. The van der Waals surface area contributed by atoms with E-state index >= 15 is 0 Å². The number of pyridine rings is 1. The number of carbonyl (C=O) groups is 2. The lowest BCUT2D eigenvalue weighted by Crippen LogP contribution is -2.34. The summed E-state index contributed by atoms with van der Waals surface area (Å²) in [6, 6.07) is 13.0. The van der Waals surface area contributed by atoms with Crippen LogP contribution >= 0.6 is 0 Å². The molecule has 184 valence electrons. The van der Waals surface area contributed by atoms with Gasteiger partial charge < -0.3 is 19.9 Å². The summed E-state index contributed by atoms with van der Waals surface area (Å²) in [5, 5.41) is 19.7. The summed E-state index contributed by atoms with van der Waals surface area (Å²) in [6.45, 7) is 2.04. The summed E-state index contributed by atoms with van der Waals surface area (Å²) >= 11 is 0. The van der Waals surface area contributed by atoms with Crippen molar-refractivity contribution in [3.8, 4) is 11.8 Å². The second-order valence-corrected chi connectivity index (χ2v) is 8.61. The molecule has 2 aromatic heterocycles. The van der Waals surface area contributed by atoms with Crippen LogP contribution in [0.2, 0.25) is 0 Å². The van der Waals surface area contributed by atoms with E-state index in [9.17, 15) is 9.59 Å². The Kier molecular flexibility index (Phi) is 8.04. The summed E-state index contributed by atoms with van der Waals surface area (Å²) in [7, 11) is 0. The Bertz CT molecular complexity index is 1130. The Morgan fingerprint density at radius 1 is 1.09 bits per heavy atom. The number of ether oxygens (including phenoxy) is 2. The van der Waals surface area contributed by atoms with Crippen LogP contribution < -0.4 is 10.1 Å². The van der Waals surface area contributed by atoms with Gasteiger partial charge in [-0.1, -0.05) is 35.5 Å². The van der Waals surface area contributed by atoms with E-state index in [1.165, 1.54) is 6.20 Å². The number of carboxylic acid groups (broad SMARTS) is 1. The molecule has 0 spiro atoms. The third-order valence-corrected chi connectivity index (χ3v) is 6.03. The predicted octanol–water partition coefficient (Wildman–Crippen LogP) is 3.63. The van der Waals surface area contributed by atoms with Gasteiger partial charge in [0.25, 0.3) is 11.8 Å². The normalized spacial score (nSPS) is 18.5. The van der Waals surface area contributed by atoms with Crippen molar-refractivity contribution in [3.63, 3.8) is 0 Å². The van der Waals surface area contributed by atoms with Crippen molar-refractivity contribution in [3.05, 3.63) is 65.5 Å². The van der Waals surface area contributed by atoms with Crippen molar-refractivity contribution in [1.29, 1.82) is 0 Å². The van der Waals surface area contributed by atoms with E-state index in [1.807, 2.05) is 30.3 Å². The zero-order valence-electron chi connectivity index (χ0n) is 19.4. The zero-order chi connectivity index (χ0) is 24.6. The molecule has 1 saturated carbocycles. The molecule has 2 N–H and O–H groups in total. The second kappa shape index (κ2) is 11.6. The minimum Gasteiger partial charge on any atom is -0.479 e. The monoisotopic (exact) mass is 480 g/mol. The van der Waals surface area contributed by atoms with Gasteiger partial charge in [-0.2, -0.15) is 0 Å². The number of benzene rings is 1. The van der Waals surface area contributed by atoms with Crippen molar-refractivity contribution in [2.75, 3.05) is 6.54 Å². The van der Waals surface area contributed by atoms with Gasteiger partial charge in [0.15, 0.2) is 11.8 Å². The molecule has 2 heterocycles. The molecule has 0 saturated heterocycles. The fraction of sp³-hybridized carbons (Fsp3) is 0.400. The van der Waals surface area contributed by atoms with E-state index in [0.29, 0.717) is 18.7 Å². The lowest BCUT2D eigenvalue weighted by atomic mass is 9.87. The Morgan fingerprint density at radius 2 is 1.86 bits per heavy atom. The van der Waals surface area contributed by atoms with Crippen LogP contribution in [0.3, 0.4) is 0 Å². The predicted molar refractivity (Wildman–Crippen MR) is 124 cm³/mol. The molecular weight excluding hydrogens is 452 g/mol. The third kappa shape index (κ3) is 6.63. The minimum atomic E-state index is -0.956. The minimum absolute atomic E-state index is 0.0625. The van der Waals surface area contributed by atoms with Crippen molar-refractivity contribution in [1.82, 2.24) is 20.6 Å². The number of hydrogen-bond donors (Lipinski definition) is 2. The molecule has 1 amide bonds. The largest absolute Gasteiger partial charge is 0.479 e. The Hall–Kier alpha value is -3.79. The van der Waals surface area contributed by atoms with Crippen LogP contribution in [0.5, 0.6) is 11.8 Å². The molecule has 4 rings (SSSR count). The number of rotatable bonds is 10. The van der Waals surface area contributed by atoms with Crippen LogP contribution in [-0.2, 0) is 16.0 Å². The highest BCUT2D eigenvalue weighted by atomic mass is 16.6. The molecule has 10 nitrogen and oxygen atoms in total. The summed E-state index contributed by atoms with van der Waals surface area (Å²) in [5.74, 6) is -0.683. The zero-order valence-corrected chi connectivity index (χ0v) is 19.4. The third-order valence-electron chi connectivity index (χ3n) is 6.03. The van der Waals surface area contributed by atoms with Crippen LogP contribution in [0.4, 0.5) is 0 Å². The number of aliphatic carboxylic acids is 1. The smallest absolute Gasteiger partial charge is 0.332 e. The average Bonchev–Trinajstić information content (AvgIpc) is 3.30.